The number of Topliss-reactive ketones (excluding diaryl/α,β-unsaturated/α-hetero) is 1. The molecule has 1 N–H and O–H groups in total. The smallest absolute Gasteiger partial charge is 0.151 e. The fraction of sp³-hybridized carbons (Fsp3) is 0.533. The summed E-state index contributed by atoms with van der Waals surface area (Å²) in [5, 5.41) is 8.85. The predicted octanol–water partition coefficient (Wildman–Crippen LogP) is 2.03. The molecule has 4 heteroatoms. The molecule has 0 spiro atoms. The van der Waals surface area contributed by atoms with Crippen molar-refractivity contribution in [3.8, 4) is 0 Å². The molecule has 0 saturated carbocycles. The third-order valence-electron chi connectivity index (χ3n) is 3.03. The normalized spacial score (nSPS) is 11.3. The Balaban J connectivity index is 2.50. The van der Waals surface area contributed by atoms with Gasteiger partial charge in [-0.3, -0.25) is 9.69 Å². The van der Waals surface area contributed by atoms with E-state index in [9.17, 15) is 9.18 Å². The summed E-state index contributed by atoms with van der Waals surface area (Å²) < 4.78 is 12.8. The zero-order valence-electron chi connectivity index (χ0n) is 11.6. The molecule has 0 heterocycles. The summed E-state index contributed by atoms with van der Waals surface area (Å²) in [5.41, 5.74) is 0.831. The highest BCUT2D eigenvalue weighted by atomic mass is 19.1. The molecule has 0 fully saturated rings. The van der Waals surface area contributed by atoms with E-state index in [4.69, 9.17) is 5.11 Å². The van der Waals surface area contributed by atoms with E-state index in [0.717, 1.165) is 5.56 Å². The molecule has 19 heavy (non-hydrogen) atoms. The molecule has 1 aromatic carbocycles. The van der Waals surface area contributed by atoms with E-state index in [1.807, 2.05) is 18.7 Å². The molecule has 0 radical (unpaired) electrons. The van der Waals surface area contributed by atoms with Gasteiger partial charge in [0.15, 0.2) is 5.78 Å². The van der Waals surface area contributed by atoms with E-state index in [-0.39, 0.29) is 24.2 Å². The van der Waals surface area contributed by atoms with Gasteiger partial charge in [-0.1, -0.05) is 12.1 Å². The minimum absolute atomic E-state index is 0.109. The molecule has 0 aliphatic rings. The Bertz CT molecular complexity index is 390. The molecule has 0 aromatic heterocycles. The van der Waals surface area contributed by atoms with Crippen molar-refractivity contribution in [1.82, 2.24) is 4.90 Å². The summed E-state index contributed by atoms with van der Waals surface area (Å²) in [5.74, 6) is -0.179. The Morgan fingerprint density at radius 1 is 1.32 bits per heavy atom. The van der Waals surface area contributed by atoms with Crippen molar-refractivity contribution in [2.75, 3.05) is 19.7 Å². The summed E-state index contributed by atoms with van der Waals surface area (Å²) in [4.78, 5) is 14.0. The molecule has 106 valence electrons. The Kier molecular flexibility index (Phi) is 6.67. The molecular formula is C15H22FNO2. The maximum atomic E-state index is 12.8. The lowest BCUT2D eigenvalue weighted by Crippen LogP contribution is -2.37. The van der Waals surface area contributed by atoms with Crippen LogP contribution < -0.4 is 0 Å². The quantitative estimate of drug-likeness (QED) is 0.783. The highest BCUT2D eigenvalue weighted by Gasteiger charge is 2.13. The second kappa shape index (κ2) is 8.02. The molecule has 0 saturated heterocycles. The van der Waals surface area contributed by atoms with Gasteiger partial charge in [0.05, 0.1) is 6.54 Å². The Morgan fingerprint density at radius 3 is 2.47 bits per heavy atom. The number of rotatable bonds is 8. The lowest BCUT2D eigenvalue weighted by atomic mass is 10.1. The van der Waals surface area contributed by atoms with E-state index >= 15 is 0 Å². The van der Waals surface area contributed by atoms with E-state index < -0.39 is 0 Å². The summed E-state index contributed by atoms with van der Waals surface area (Å²) in [6.07, 6.45) is 0.991. The highest BCUT2D eigenvalue weighted by Crippen LogP contribution is 2.06. The number of carbonyl (C=O) groups excluding carboxylic acids is 1. The molecule has 3 nitrogen and oxygen atoms in total. The number of aliphatic hydroxyl groups is 1. The van der Waals surface area contributed by atoms with Gasteiger partial charge in [-0.15, -0.1) is 0 Å². The lowest BCUT2D eigenvalue weighted by molar-refractivity contribution is -0.120. The first-order valence-corrected chi connectivity index (χ1v) is 6.64. The first kappa shape index (κ1) is 15.8. The molecule has 0 atom stereocenters. The predicted molar refractivity (Wildman–Crippen MR) is 73.5 cm³/mol. The van der Waals surface area contributed by atoms with Gasteiger partial charge in [0.2, 0.25) is 0 Å². The number of nitrogens with zero attached hydrogens (tertiary/aromatic N) is 1. The van der Waals surface area contributed by atoms with Gasteiger partial charge < -0.3 is 5.11 Å². The van der Waals surface area contributed by atoms with Gasteiger partial charge in [0, 0.05) is 25.6 Å². The first-order chi connectivity index (χ1) is 9.02. The number of benzene rings is 1. The largest absolute Gasteiger partial charge is 0.396 e. The first-order valence-electron chi connectivity index (χ1n) is 6.64. The average molecular weight is 267 g/mol. The van der Waals surface area contributed by atoms with Gasteiger partial charge in [-0.2, -0.15) is 0 Å². The van der Waals surface area contributed by atoms with Crippen LogP contribution >= 0.6 is 0 Å². The molecule has 1 rings (SSSR count). The maximum absolute atomic E-state index is 12.8. The maximum Gasteiger partial charge on any atom is 0.151 e. The molecular weight excluding hydrogens is 245 g/mol. The minimum Gasteiger partial charge on any atom is -0.396 e. The van der Waals surface area contributed by atoms with Crippen LogP contribution in [0.1, 0.15) is 25.8 Å². The fourth-order valence-electron chi connectivity index (χ4n) is 1.91. The van der Waals surface area contributed by atoms with Crippen molar-refractivity contribution < 1.29 is 14.3 Å². The van der Waals surface area contributed by atoms with Crippen LogP contribution in [0.2, 0.25) is 0 Å². The van der Waals surface area contributed by atoms with Crippen LogP contribution in [0.3, 0.4) is 0 Å². The van der Waals surface area contributed by atoms with Crippen molar-refractivity contribution >= 4 is 5.78 Å². The monoisotopic (exact) mass is 267 g/mol. The minimum atomic E-state index is -0.289. The number of hydrogen-bond donors (Lipinski definition) is 1. The molecule has 0 aliphatic heterocycles. The topological polar surface area (TPSA) is 40.5 Å². The van der Waals surface area contributed by atoms with Crippen LogP contribution in [0.15, 0.2) is 24.3 Å². The van der Waals surface area contributed by atoms with Crippen LogP contribution in [-0.2, 0) is 11.2 Å². The Morgan fingerprint density at radius 2 is 1.95 bits per heavy atom. The van der Waals surface area contributed by atoms with Gasteiger partial charge >= 0.3 is 0 Å². The van der Waals surface area contributed by atoms with Gasteiger partial charge in [0.1, 0.15) is 5.82 Å². The summed E-state index contributed by atoms with van der Waals surface area (Å²) in [6, 6.07) is 6.29. The Labute approximate surface area is 114 Å². The van der Waals surface area contributed by atoms with E-state index in [0.29, 0.717) is 25.9 Å². The third kappa shape index (κ3) is 5.94. The standard InChI is InChI=1S/C15H22FNO2/c1-12(2)17(8-3-9-18)11-15(19)10-13-4-6-14(16)7-5-13/h4-7,12,18H,3,8-11H2,1-2H3. The van der Waals surface area contributed by atoms with Crippen molar-refractivity contribution in [2.45, 2.75) is 32.7 Å². The van der Waals surface area contributed by atoms with Gasteiger partial charge in [0.25, 0.3) is 0 Å². The number of aliphatic hydroxyl groups excluding tert-OH is 1. The van der Waals surface area contributed by atoms with Crippen LogP contribution in [0.4, 0.5) is 4.39 Å². The zero-order valence-corrected chi connectivity index (χ0v) is 11.6. The molecule has 1 aromatic rings. The average Bonchev–Trinajstić information content (AvgIpc) is 2.37. The van der Waals surface area contributed by atoms with E-state index in [2.05, 4.69) is 0 Å². The van der Waals surface area contributed by atoms with Crippen LogP contribution in [0, 0.1) is 5.82 Å². The van der Waals surface area contributed by atoms with E-state index in [1.165, 1.54) is 12.1 Å². The third-order valence-corrected chi connectivity index (χ3v) is 3.03. The van der Waals surface area contributed by atoms with Crippen molar-refractivity contribution in [1.29, 1.82) is 0 Å². The molecule has 0 amide bonds. The second-order valence-electron chi connectivity index (χ2n) is 4.98. The zero-order chi connectivity index (χ0) is 14.3. The van der Waals surface area contributed by atoms with Crippen LogP contribution in [-0.4, -0.2) is 41.5 Å². The van der Waals surface area contributed by atoms with Crippen molar-refractivity contribution in [3.05, 3.63) is 35.6 Å². The highest BCUT2D eigenvalue weighted by molar-refractivity contribution is 5.82. The van der Waals surface area contributed by atoms with Crippen LogP contribution in [0.25, 0.3) is 0 Å². The summed E-state index contributed by atoms with van der Waals surface area (Å²) >= 11 is 0. The number of ketones is 1. The second-order valence-corrected chi connectivity index (χ2v) is 4.98. The number of hydrogen-bond acceptors (Lipinski definition) is 3. The molecule has 0 unspecified atom stereocenters. The summed E-state index contributed by atoms with van der Waals surface area (Å²) in [6.45, 7) is 5.28. The van der Waals surface area contributed by atoms with Gasteiger partial charge in [-0.05, 0) is 38.0 Å². The van der Waals surface area contributed by atoms with Crippen LogP contribution in [0.5, 0.6) is 0 Å². The van der Waals surface area contributed by atoms with Gasteiger partial charge in [-0.25, -0.2) is 4.39 Å². The Hall–Kier alpha value is -1.26. The number of carbonyl (C=O) groups is 1. The lowest BCUT2D eigenvalue weighted by Gasteiger charge is -2.25. The van der Waals surface area contributed by atoms with E-state index in [1.54, 1.807) is 12.1 Å². The summed E-state index contributed by atoms with van der Waals surface area (Å²) in [7, 11) is 0. The van der Waals surface area contributed by atoms with Crippen molar-refractivity contribution in [3.63, 3.8) is 0 Å². The number of halogens is 1. The SMILES string of the molecule is CC(C)N(CCCO)CC(=O)Cc1ccc(F)cc1. The fourth-order valence-corrected chi connectivity index (χ4v) is 1.91. The van der Waals surface area contributed by atoms with Crippen molar-refractivity contribution in [2.24, 2.45) is 0 Å². The molecule has 0 aliphatic carbocycles. The molecule has 0 bridgehead atoms.